The Labute approximate surface area is 180 Å². The van der Waals surface area contributed by atoms with Gasteiger partial charge in [-0.2, -0.15) is 0 Å². The number of para-hydroxylation sites is 1. The molecule has 0 spiro atoms. The zero-order valence-corrected chi connectivity index (χ0v) is 17.6. The third kappa shape index (κ3) is 3.58. The van der Waals surface area contributed by atoms with E-state index in [9.17, 15) is 9.18 Å². The van der Waals surface area contributed by atoms with Crippen molar-refractivity contribution in [1.29, 1.82) is 0 Å². The molecule has 31 heavy (non-hydrogen) atoms. The monoisotopic (exact) mass is 414 g/mol. The van der Waals surface area contributed by atoms with Crippen LogP contribution in [-0.2, 0) is 0 Å². The lowest BCUT2D eigenvalue weighted by molar-refractivity contribution is 0.0748. The summed E-state index contributed by atoms with van der Waals surface area (Å²) in [6.45, 7) is 6.53. The third-order valence-corrected chi connectivity index (χ3v) is 5.93. The first kappa shape index (κ1) is 19.4. The number of aromatic nitrogens is 2. The number of nitrogens with zero attached hydrogens (tertiary/aromatic N) is 4. The van der Waals surface area contributed by atoms with Gasteiger partial charge in [-0.25, -0.2) is 9.37 Å². The van der Waals surface area contributed by atoms with Crippen LogP contribution in [0.25, 0.3) is 21.8 Å². The van der Waals surface area contributed by atoms with Gasteiger partial charge in [-0.15, -0.1) is 0 Å². The molecule has 2 aromatic carbocycles. The van der Waals surface area contributed by atoms with Crippen LogP contribution in [0.3, 0.4) is 0 Å². The summed E-state index contributed by atoms with van der Waals surface area (Å²) in [6, 6.07) is 16.4. The van der Waals surface area contributed by atoms with Crippen molar-refractivity contribution in [3.8, 4) is 0 Å². The summed E-state index contributed by atoms with van der Waals surface area (Å²) in [6.07, 6.45) is 0. The lowest BCUT2D eigenvalue weighted by Gasteiger charge is -2.36. The molecule has 2 aromatic heterocycles. The van der Waals surface area contributed by atoms with E-state index in [4.69, 9.17) is 4.98 Å². The quantitative estimate of drug-likeness (QED) is 0.485. The fourth-order valence-electron chi connectivity index (χ4n) is 4.31. The van der Waals surface area contributed by atoms with Gasteiger partial charge in [-0.05, 0) is 55.8 Å². The average molecular weight is 414 g/mol. The van der Waals surface area contributed by atoms with Gasteiger partial charge in [0.15, 0.2) is 0 Å². The van der Waals surface area contributed by atoms with Crippen molar-refractivity contribution in [2.45, 2.75) is 13.8 Å². The molecule has 1 fully saturated rings. The number of piperazine rings is 1. The average Bonchev–Trinajstić information content (AvgIpc) is 2.78. The molecule has 5 rings (SSSR count). The number of fused-ring (bicyclic) bond motifs is 2. The highest BCUT2D eigenvalue weighted by Crippen LogP contribution is 2.25. The maximum absolute atomic E-state index is 13.8. The molecule has 0 saturated carbocycles. The van der Waals surface area contributed by atoms with Crippen molar-refractivity contribution in [1.82, 2.24) is 14.9 Å². The first-order valence-electron chi connectivity index (χ1n) is 10.5. The maximum atomic E-state index is 13.8. The van der Waals surface area contributed by atoms with Gasteiger partial charge < -0.3 is 9.80 Å². The number of hydrogen-bond acceptors (Lipinski definition) is 4. The zero-order valence-electron chi connectivity index (χ0n) is 17.6. The topological polar surface area (TPSA) is 49.3 Å². The number of carbonyl (C=O) groups is 1. The maximum Gasteiger partial charge on any atom is 0.254 e. The van der Waals surface area contributed by atoms with Crippen LogP contribution in [-0.4, -0.2) is 47.0 Å². The Hall–Kier alpha value is -3.54. The van der Waals surface area contributed by atoms with Gasteiger partial charge in [0.25, 0.3) is 5.91 Å². The Balaban J connectivity index is 1.38. The van der Waals surface area contributed by atoms with Gasteiger partial charge in [0.2, 0.25) is 0 Å². The van der Waals surface area contributed by atoms with Gasteiger partial charge in [0, 0.05) is 42.6 Å². The molecule has 5 nitrogen and oxygen atoms in total. The minimum absolute atomic E-state index is 0.0802. The smallest absolute Gasteiger partial charge is 0.254 e. The molecule has 0 bridgehead atoms. The Kier molecular flexibility index (Phi) is 4.77. The highest BCUT2D eigenvalue weighted by Gasteiger charge is 2.25. The second-order valence-electron chi connectivity index (χ2n) is 8.07. The highest BCUT2D eigenvalue weighted by atomic mass is 19.1. The molecule has 1 amide bonds. The largest absolute Gasteiger partial charge is 0.353 e. The Morgan fingerprint density at radius 1 is 0.871 bits per heavy atom. The van der Waals surface area contributed by atoms with Gasteiger partial charge in [-0.3, -0.25) is 9.78 Å². The fourth-order valence-corrected chi connectivity index (χ4v) is 4.31. The second-order valence-corrected chi connectivity index (χ2v) is 8.07. The summed E-state index contributed by atoms with van der Waals surface area (Å²) in [5.41, 5.74) is 4.07. The molecular formula is C25H23FN4O. The molecule has 0 aliphatic carbocycles. The van der Waals surface area contributed by atoms with Crippen LogP contribution in [0.1, 0.15) is 21.6 Å². The van der Waals surface area contributed by atoms with Gasteiger partial charge in [0.05, 0.1) is 16.6 Å². The van der Waals surface area contributed by atoms with E-state index in [1.165, 1.54) is 17.7 Å². The molecular weight excluding hydrogens is 391 g/mol. The number of hydrogen-bond donors (Lipinski definition) is 0. The van der Waals surface area contributed by atoms with Crippen molar-refractivity contribution < 1.29 is 9.18 Å². The number of rotatable bonds is 2. The molecule has 1 saturated heterocycles. The van der Waals surface area contributed by atoms with Crippen LogP contribution in [0, 0.1) is 19.7 Å². The van der Waals surface area contributed by atoms with Crippen molar-refractivity contribution >= 4 is 33.5 Å². The van der Waals surface area contributed by atoms with Crippen LogP contribution in [0.5, 0.6) is 0 Å². The first-order valence-corrected chi connectivity index (χ1v) is 10.5. The van der Waals surface area contributed by atoms with Crippen LogP contribution in [0.2, 0.25) is 0 Å². The number of benzene rings is 2. The van der Waals surface area contributed by atoms with E-state index >= 15 is 0 Å². The molecule has 0 atom stereocenters. The van der Waals surface area contributed by atoms with Crippen molar-refractivity contribution in [3.05, 3.63) is 77.2 Å². The number of aryl methyl sites for hydroxylation is 2. The van der Waals surface area contributed by atoms with Gasteiger partial charge in [-0.1, -0.05) is 18.2 Å². The highest BCUT2D eigenvalue weighted by molar-refractivity contribution is 6.06. The molecule has 0 N–H and O–H groups in total. The summed E-state index contributed by atoms with van der Waals surface area (Å²) in [7, 11) is 0. The predicted molar refractivity (Wildman–Crippen MR) is 121 cm³/mol. The van der Waals surface area contributed by atoms with Crippen LogP contribution >= 0.6 is 0 Å². The molecule has 4 aromatic rings. The first-order chi connectivity index (χ1) is 15.0. The normalized spacial score (nSPS) is 14.4. The van der Waals surface area contributed by atoms with E-state index in [-0.39, 0.29) is 11.7 Å². The molecule has 156 valence electrons. The molecule has 6 heteroatoms. The van der Waals surface area contributed by atoms with E-state index in [2.05, 4.69) is 28.9 Å². The second kappa shape index (κ2) is 7.61. The van der Waals surface area contributed by atoms with Crippen LogP contribution in [0.4, 0.5) is 10.2 Å². The Morgan fingerprint density at radius 3 is 2.42 bits per heavy atom. The van der Waals surface area contributed by atoms with Crippen LogP contribution in [0.15, 0.2) is 54.6 Å². The summed E-state index contributed by atoms with van der Waals surface area (Å²) < 4.78 is 13.8. The summed E-state index contributed by atoms with van der Waals surface area (Å²) in [5, 5.41) is 1.72. The third-order valence-electron chi connectivity index (χ3n) is 5.93. The lowest BCUT2D eigenvalue weighted by Crippen LogP contribution is -2.49. The van der Waals surface area contributed by atoms with E-state index in [0.717, 1.165) is 22.4 Å². The lowest BCUT2D eigenvalue weighted by atomic mass is 10.1. The Morgan fingerprint density at radius 2 is 1.61 bits per heavy atom. The number of anilines is 1. The fraction of sp³-hybridized carbons (Fsp3) is 0.240. The van der Waals surface area contributed by atoms with E-state index in [0.29, 0.717) is 42.6 Å². The SMILES string of the molecule is Cc1cc(C(=O)N2CCN(c3cc(C)c4ccccc4n3)CC2)c2cc(F)ccc2n1. The molecule has 3 heterocycles. The number of amides is 1. The molecule has 1 aliphatic rings. The molecule has 1 aliphatic heterocycles. The Bertz CT molecular complexity index is 1310. The summed E-state index contributed by atoms with van der Waals surface area (Å²) in [4.78, 5) is 26.6. The minimum atomic E-state index is -0.366. The van der Waals surface area contributed by atoms with Gasteiger partial charge in [0.1, 0.15) is 11.6 Å². The molecule has 0 unspecified atom stereocenters. The molecule has 0 radical (unpaired) electrons. The number of pyridine rings is 2. The standard InChI is InChI=1S/C25H23FN4O/c1-16-13-24(28-22-6-4-3-5-19(16)22)29-9-11-30(12-10-29)25(31)21-14-17(2)27-23-8-7-18(26)15-20(21)23/h3-8,13-15H,9-12H2,1-2H3. The van der Waals surface area contributed by atoms with Crippen LogP contribution < -0.4 is 4.90 Å². The van der Waals surface area contributed by atoms with E-state index in [1.54, 1.807) is 12.1 Å². The summed E-state index contributed by atoms with van der Waals surface area (Å²) >= 11 is 0. The van der Waals surface area contributed by atoms with Gasteiger partial charge >= 0.3 is 0 Å². The number of carbonyl (C=O) groups excluding carboxylic acids is 1. The van der Waals surface area contributed by atoms with E-state index in [1.807, 2.05) is 30.0 Å². The van der Waals surface area contributed by atoms with Crippen molar-refractivity contribution in [2.24, 2.45) is 0 Å². The minimum Gasteiger partial charge on any atom is -0.353 e. The van der Waals surface area contributed by atoms with E-state index < -0.39 is 0 Å². The van der Waals surface area contributed by atoms with Crippen molar-refractivity contribution in [3.63, 3.8) is 0 Å². The summed E-state index contributed by atoms with van der Waals surface area (Å²) in [5.74, 6) is 0.494. The predicted octanol–water partition coefficient (Wildman–Crippen LogP) is 4.50. The zero-order chi connectivity index (χ0) is 21.5. The number of halogens is 1. The van der Waals surface area contributed by atoms with Crippen molar-refractivity contribution in [2.75, 3.05) is 31.1 Å².